The van der Waals surface area contributed by atoms with Gasteiger partial charge < -0.3 is 10.0 Å². The van der Waals surface area contributed by atoms with Crippen LogP contribution in [0.4, 0.5) is 0 Å². The molecule has 114 valence electrons. The van der Waals surface area contributed by atoms with E-state index in [2.05, 4.69) is 15.5 Å². The Balaban J connectivity index is 1.54. The molecule has 3 rings (SSSR count). The van der Waals surface area contributed by atoms with Crippen LogP contribution < -0.4 is 0 Å². The maximum Gasteiger partial charge on any atom is 0.305 e. The van der Waals surface area contributed by atoms with E-state index < -0.39 is 5.97 Å². The Morgan fingerprint density at radius 2 is 2.10 bits per heavy atom. The maximum atomic E-state index is 12.3. The second-order valence-corrected chi connectivity index (χ2v) is 6.33. The molecule has 0 aliphatic heterocycles. The number of hydrogen-bond acceptors (Lipinski definition) is 6. The summed E-state index contributed by atoms with van der Waals surface area (Å²) in [6, 6.07) is 0.598. The van der Waals surface area contributed by atoms with Gasteiger partial charge in [0.1, 0.15) is 0 Å². The van der Waals surface area contributed by atoms with Crippen LogP contribution in [0.5, 0.6) is 0 Å². The van der Waals surface area contributed by atoms with Gasteiger partial charge in [0.15, 0.2) is 0 Å². The van der Waals surface area contributed by atoms with E-state index >= 15 is 0 Å². The molecule has 0 spiro atoms. The van der Waals surface area contributed by atoms with Crippen LogP contribution in [-0.2, 0) is 9.59 Å². The topological polar surface area (TPSA) is 101 Å². The van der Waals surface area contributed by atoms with E-state index in [1.54, 1.807) is 9.58 Å². The van der Waals surface area contributed by atoms with E-state index in [0.717, 1.165) is 25.7 Å². The van der Waals surface area contributed by atoms with Crippen LogP contribution in [0.3, 0.4) is 0 Å². The zero-order valence-corrected chi connectivity index (χ0v) is 12.3. The van der Waals surface area contributed by atoms with Gasteiger partial charge in [0.05, 0.1) is 18.2 Å². The minimum absolute atomic E-state index is 0.00722. The number of thioether (sulfide) groups is 1. The first-order chi connectivity index (χ1) is 10.1. The van der Waals surface area contributed by atoms with E-state index in [9.17, 15) is 9.59 Å². The van der Waals surface area contributed by atoms with Gasteiger partial charge in [-0.05, 0) is 36.1 Å². The number of aromatic nitrogens is 4. The molecule has 1 N–H and O–H groups in total. The first-order valence-corrected chi connectivity index (χ1v) is 8.05. The smallest absolute Gasteiger partial charge is 0.305 e. The zero-order valence-electron chi connectivity index (χ0n) is 11.5. The van der Waals surface area contributed by atoms with Crippen molar-refractivity contribution >= 4 is 23.6 Å². The number of rotatable bonds is 8. The van der Waals surface area contributed by atoms with Crippen molar-refractivity contribution in [1.29, 1.82) is 0 Å². The lowest BCUT2D eigenvalue weighted by Gasteiger charge is -2.21. The third kappa shape index (κ3) is 3.72. The highest BCUT2D eigenvalue weighted by Gasteiger charge is 2.33. The second-order valence-electron chi connectivity index (χ2n) is 5.39. The quantitative estimate of drug-likeness (QED) is 0.700. The predicted molar refractivity (Wildman–Crippen MR) is 73.8 cm³/mol. The normalized spacial score (nSPS) is 17.7. The lowest BCUT2D eigenvalue weighted by Crippen LogP contribution is -2.36. The molecule has 2 saturated carbocycles. The first-order valence-electron chi connectivity index (χ1n) is 7.07. The van der Waals surface area contributed by atoms with Gasteiger partial charge >= 0.3 is 5.97 Å². The van der Waals surface area contributed by atoms with Crippen molar-refractivity contribution in [2.45, 2.75) is 49.3 Å². The van der Waals surface area contributed by atoms with Crippen LogP contribution in [0.15, 0.2) is 5.16 Å². The molecule has 2 fully saturated rings. The van der Waals surface area contributed by atoms with E-state index in [4.69, 9.17) is 5.11 Å². The molecule has 0 radical (unpaired) electrons. The zero-order chi connectivity index (χ0) is 14.8. The van der Waals surface area contributed by atoms with Gasteiger partial charge in [-0.1, -0.05) is 11.8 Å². The minimum atomic E-state index is -0.876. The van der Waals surface area contributed by atoms with E-state index in [1.165, 1.54) is 11.8 Å². The summed E-state index contributed by atoms with van der Waals surface area (Å²) in [4.78, 5) is 24.6. The Kier molecular flexibility index (Phi) is 4.09. The molecule has 0 saturated heterocycles. The SMILES string of the molecule is O=C(O)CCN(C(=O)CSc1nnnn1C1CC1)C1CC1. The van der Waals surface area contributed by atoms with Gasteiger partial charge in [0.25, 0.3) is 0 Å². The molecule has 0 bridgehead atoms. The summed E-state index contributed by atoms with van der Waals surface area (Å²) in [5.74, 6) is -0.656. The van der Waals surface area contributed by atoms with Crippen LogP contribution in [0.25, 0.3) is 0 Å². The minimum Gasteiger partial charge on any atom is -0.481 e. The predicted octanol–water partition coefficient (Wildman–Crippen LogP) is 0.566. The summed E-state index contributed by atoms with van der Waals surface area (Å²) in [7, 11) is 0. The highest BCUT2D eigenvalue weighted by molar-refractivity contribution is 7.99. The molecule has 0 unspecified atom stereocenters. The lowest BCUT2D eigenvalue weighted by molar-refractivity contribution is -0.138. The number of carbonyl (C=O) groups is 2. The molecule has 1 amide bonds. The number of aliphatic carboxylic acids is 1. The number of tetrazole rings is 1. The number of carbonyl (C=O) groups excluding carboxylic acids is 1. The highest BCUT2D eigenvalue weighted by Crippen LogP contribution is 2.36. The molecule has 9 heteroatoms. The van der Waals surface area contributed by atoms with Gasteiger partial charge in [-0.3, -0.25) is 9.59 Å². The number of nitrogens with zero attached hydrogens (tertiary/aromatic N) is 5. The van der Waals surface area contributed by atoms with Crippen LogP contribution >= 0.6 is 11.8 Å². The largest absolute Gasteiger partial charge is 0.481 e. The lowest BCUT2D eigenvalue weighted by atomic mass is 10.3. The Bertz CT molecular complexity index is 541. The van der Waals surface area contributed by atoms with Crippen LogP contribution in [0.2, 0.25) is 0 Å². The van der Waals surface area contributed by atoms with Crippen molar-refractivity contribution in [2.24, 2.45) is 0 Å². The standard InChI is InChI=1S/C12H17N5O3S/c18-10(16(8-1-2-8)6-5-11(19)20)7-21-12-13-14-15-17(12)9-3-4-9/h8-9H,1-7H2,(H,19,20). The molecule has 2 aliphatic carbocycles. The fraction of sp³-hybridized carbons (Fsp3) is 0.750. The first kappa shape index (κ1) is 14.3. The molecule has 8 nitrogen and oxygen atoms in total. The number of hydrogen-bond donors (Lipinski definition) is 1. The molecule has 1 aromatic heterocycles. The highest BCUT2D eigenvalue weighted by atomic mass is 32.2. The van der Waals surface area contributed by atoms with Crippen molar-refractivity contribution in [2.75, 3.05) is 12.3 Å². The van der Waals surface area contributed by atoms with Crippen LogP contribution in [0, 0.1) is 0 Å². The van der Waals surface area contributed by atoms with Crippen LogP contribution in [0.1, 0.15) is 38.1 Å². The monoisotopic (exact) mass is 311 g/mol. The molecule has 0 aromatic carbocycles. The molecule has 1 aromatic rings. The van der Waals surface area contributed by atoms with Gasteiger partial charge in [0, 0.05) is 12.6 Å². The fourth-order valence-corrected chi connectivity index (χ4v) is 2.98. The third-order valence-corrected chi connectivity index (χ3v) is 4.47. The average molecular weight is 311 g/mol. The third-order valence-electron chi connectivity index (χ3n) is 3.55. The number of amides is 1. The molecule has 1 heterocycles. The number of carboxylic acids is 1. The van der Waals surface area contributed by atoms with E-state index in [1.807, 2.05) is 0 Å². The summed E-state index contributed by atoms with van der Waals surface area (Å²) in [6.07, 6.45) is 4.09. The fourth-order valence-electron chi connectivity index (χ4n) is 2.15. The molecule has 21 heavy (non-hydrogen) atoms. The van der Waals surface area contributed by atoms with Crippen molar-refractivity contribution in [3.8, 4) is 0 Å². The Morgan fingerprint density at radius 1 is 1.33 bits per heavy atom. The maximum absolute atomic E-state index is 12.3. The second kappa shape index (κ2) is 6.00. The Morgan fingerprint density at radius 3 is 2.71 bits per heavy atom. The summed E-state index contributed by atoms with van der Waals surface area (Å²) < 4.78 is 1.77. The number of carboxylic acid groups (broad SMARTS) is 1. The summed E-state index contributed by atoms with van der Waals surface area (Å²) in [6.45, 7) is 0.285. The Labute approximate surface area is 125 Å². The molecular formula is C12H17N5O3S. The van der Waals surface area contributed by atoms with Crippen molar-refractivity contribution in [3.05, 3.63) is 0 Å². The Hall–Kier alpha value is -1.64. The van der Waals surface area contributed by atoms with Crippen molar-refractivity contribution in [3.63, 3.8) is 0 Å². The summed E-state index contributed by atoms with van der Waals surface area (Å²) in [5.41, 5.74) is 0. The average Bonchev–Trinajstić information content (AvgIpc) is 3.36. The summed E-state index contributed by atoms with van der Waals surface area (Å²) in [5, 5.41) is 21.0. The van der Waals surface area contributed by atoms with Gasteiger partial charge in [-0.25, -0.2) is 4.68 Å². The van der Waals surface area contributed by atoms with Crippen molar-refractivity contribution < 1.29 is 14.7 Å². The van der Waals surface area contributed by atoms with Gasteiger partial charge in [-0.15, -0.1) is 5.10 Å². The van der Waals surface area contributed by atoms with E-state index in [-0.39, 0.29) is 30.7 Å². The van der Waals surface area contributed by atoms with Gasteiger partial charge in [-0.2, -0.15) is 0 Å². The van der Waals surface area contributed by atoms with Crippen molar-refractivity contribution in [1.82, 2.24) is 25.1 Å². The molecular weight excluding hydrogens is 294 g/mol. The van der Waals surface area contributed by atoms with Gasteiger partial charge in [0.2, 0.25) is 11.1 Å². The molecule has 0 atom stereocenters. The summed E-state index contributed by atoms with van der Waals surface area (Å²) >= 11 is 1.33. The van der Waals surface area contributed by atoms with E-state index in [0.29, 0.717) is 11.2 Å². The van der Waals surface area contributed by atoms with Crippen LogP contribution in [-0.4, -0.2) is 60.4 Å². The molecule has 2 aliphatic rings.